The van der Waals surface area contributed by atoms with Crippen molar-refractivity contribution in [2.45, 2.75) is 44.4 Å². The fraction of sp³-hybridized carbons (Fsp3) is 0.500. The van der Waals surface area contributed by atoms with Gasteiger partial charge in [-0.2, -0.15) is 5.10 Å². The van der Waals surface area contributed by atoms with Crippen molar-refractivity contribution in [3.8, 4) is 0 Å². The molecule has 0 N–H and O–H groups in total. The van der Waals surface area contributed by atoms with Gasteiger partial charge in [-0.15, -0.1) is 5.10 Å². The molecule has 6 heteroatoms. The Kier molecular flexibility index (Phi) is 5.29. The number of carbonyl (C=O) groups is 1. The zero-order valence-electron chi connectivity index (χ0n) is 16.4. The molecule has 0 atom stereocenters. The molecule has 1 amide bonds. The van der Waals surface area contributed by atoms with Gasteiger partial charge in [0, 0.05) is 26.2 Å². The Morgan fingerprint density at radius 3 is 2.36 bits per heavy atom. The average molecular weight is 382 g/mol. The number of aryl methyl sites for hydroxylation is 1. The van der Waals surface area contributed by atoms with Crippen LogP contribution < -0.4 is 4.90 Å². The van der Waals surface area contributed by atoms with Crippen molar-refractivity contribution in [1.29, 1.82) is 0 Å². The zero-order chi connectivity index (χ0) is 19.6. The Morgan fingerprint density at radius 2 is 1.68 bits per heavy atom. The van der Waals surface area contributed by atoms with Crippen LogP contribution >= 0.6 is 0 Å². The van der Waals surface area contributed by atoms with E-state index in [1.54, 1.807) is 12.1 Å². The largest absolute Gasteiger partial charge is 0.353 e. The summed E-state index contributed by atoms with van der Waals surface area (Å²) in [6, 6.07) is 10.5. The van der Waals surface area contributed by atoms with Crippen LogP contribution in [0.25, 0.3) is 0 Å². The molecule has 0 bridgehead atoms. The highest BCUT2D eigenvalue weighted by Crippen LogP contribution is 2.43. The topological polar surface area (TPSA) is 49.3 Å². The van der Waals surface area contributed by atoms with Crippen molar-refractivity contribution >= 4 is 11.7 Å². The summed E-state index contributed by atoms with van der Waals surface area (Å²) in [6.07, 6.45) is 4.69. The Morgan fingerprint density at radius 1 is 0.929 bits per heavy atom. The SMILES string of the molecule is Cc1ccc(N2CCCN(C(=O)C3(c4ccc(F)cc4)CCCC3)CC2)nn1. The van der Waals surface area contributed by atoms with Crippen LogP contribution in [0.15, 0.2) is 36.4 Å². The van der Waals surface area contributed by atoms with Gasteiger partial charge in [0.2, 0.25) is 5.91 Å². The Bertz CT molecular complexity index is 815. The minimum absolute atomic E-state index is 0.202. The maximum atomic E-state index is 13.6. The number of rotatable bonds is 3. The second kappa shape index (κ2) is 7.86. The standard InChI is InChI=1S/C22H27FN4O/c1-17-5-10-20(25-24-17)26-13-4-14-27(16-15-26)21(28)22(11-2-3-12-22)18-6-8-19(23)9-7-18/h5-10H,2-4,11-16H2,1H3. The minimum atomic E-state index is -0.494. The number of amides is 1. The van der Waals surface area contributed by atoms with Gasteiger partial charge in [0.05, 0.1) is 11.1 Å². The number of benzene rings is 1. The molecule has 2 fully saturated rings. The van der Waals surface area contributed by atoms with Crippen LogP contribution in [0.4, 0.5) is 10.2 Å². The lowest BCUT2D eigenvalue weighted by atomic mass is 9.77. The van der Waals surface area contributed by atoms with Gasteiger partial charge in [0.1, 0.15) is 5.82 Å². The van der Waals surface area contributed by atoms with E-state index in [9.17, 15) is 9.18 Å². The van der Waals surface area contributed by atoms with Gasteiger partial charge < -0.3 is 9.80 Å². The first-order valence-electron chi connectivity index (χ1n) is 10.2. The van der Waals surface area contributed by atoms with Gasteiger partial charge in [-0.1, -0.05) is 25.0 Å². The summed E-state index contributed by atoms with van der Waals surface area (Å²) in [6.45, 7) is 4.97. The maximum Gasteiger partial charge on any atom is 0.233 e. The predicted molar refractivity (Wildman–Crippen MR) is 107 cm³/mol. The van der Waals surface area contributed by atoms with Crippen molar-refractivity contribution in [3.63, 3.8) is 0 Å². The molecule has 2 heterocycles. The van der Waals surface area contributed by atoms with Crippen LogP contribution in [0.5, 0.6) is 0 Å². The van der Waals surface area contributed by atoms with E-state index in [-0.39, 0.29) is 11.7 Å². The first kappa shape index (κ1) is 18.8. The van der Waals surface area contributed by atoms with Crippen LogP contribution in [0, 0.1) is 12.7 Å². The van der Waals surface area contributed by atoms with Crippen molar-refractivity contribution in [3.05, 3.63) is 53.5 Å². The monoisotopic (exact) mass is 382 g/mol. The van der Waals surface area contributed by atoms with E-state index < -0.39 is 5.41 Å². The second-order valence-electron chi connectivity index (χ2n) is 7.96. The molecule has 0 radical (unpaired) electrons. The summed E-state index contributed by atoms with van der Waals surface area (Å²) in [5, 5.41) is 8.45. The van der Waals surface area contributed by atoms with Crippen LogP contribution in [0.2, 0.25) is 0 Å². The molecule has 28 heavy (non-hydrogen) atoms. The summed E-state index contributed by atoms with van der Waals surface area (Å²) in [5.41, 5.74) is 1.37. The van der Waals surface area contributed by atoms with Gasteiger partial charge in [-0.25, -0.2) is 4.39 Å². The van der Waals surface area contributed by atoms with E-state index in [2.05, 4.69) is 15.1 Å². The van der Waals surface area contributed by atoms with Crippen molar-refractivity contribution < 1.29 is 9.18 Å². The number of nitrogens with zero attached hydrogens (tertiary/aromatic N) is 4. The van der Waals surface area contributed by atoms with Gasteiger partial charge in [0.15, 0.2) is 5.82 Å². The van der Waals surface area contributed by atoms with E-state index in [1.807, 2.05) is 24.0 Å². The number of aromatic nitrogens is 2. The number of halogens is 1. The van der Waals surface area contributed by atoms with Crippen LogP contribution in [-0.2, 0) is 10.2 Å². The summed E-state index contributed by atoms with van der Waals surface area (Å²) >= 11 is 0. The lowest BCUT2D eigenvalue weighted by Gasteiger charge is -2.34. The highest BCUT2D eigenvalue weighted by atomic mass is 19.1. The van der Waals surface area contributed by atoms with E-state index in [1.165, 1.54) is 12.1 Å². The summed E-state index contributed by atoms with van der Waals surface area (Å²) in [7, 11) is 0. The van der Waals surface area contributed by atoms with Gasteiger partial charge in [0.25, 0.3) is 0 Å². The van der Waals surface area contributed by atoms with Crippen molar-refractivity contribution in [1.82, 2.24) is 15.1 Å². The summed E-state index contributed by atoms with van der Waals surface area (Å²) in [5.74, 6) is 0.816. The molecule has 1 aromatic carbocycles. The fourth-order valence-corrected chi connectivity index (χ4v) is 4.59. The molecule has 1 aliphatic carbocycles. The highest BCUT2D eigenvalue weighted by Gasteiger charge is 2.45. The molecule has 1 aliphatic heterocycles. The Balaban J connectivity index is 1.52. The smallest absolute Gasteiger partial charge is 0.233 e. The molecule has 0 unspecified atom stereocenters. The van der Waals surface area contributed by atoms with E-state index >= 15 is 0 Å². The molecular weight excluding hydrogens is 355 g/mol. The minimum Gasteiger partial charge on any atom is -0.353 e. The molecule has 1 aromatic heterocycles. The fourth-order valence-electron chi connectivity index (χ4n) is 4.59. The average Bonchev–Trinajstić information content (AvgIpc) is 3.08. The number of hydrogen-bond donors (Lipinski definition) is 0. The third kappa shape index (κ3) is 3.60. The van der Waals surface area contributed by atoms with Gasteiger partial charge in [-0.3, -0.25) is 4.79 Å². The van der Waals surface area contributed by atoms with Crippen molar-refractivity contribution in [2.75, 3.05) is 31.1 Å². The van der Waals surface area contributed by atoms with Crippen molar-refractivity contribution in [2.24, 2.45) is 0 Å². The lowest BCUT2D eigenvalue weighted by molar-refractivity contribution is -0.137. The molecular formula is C22H27FN4O. The third-order valence-corrected chi connectivity index (χ3v) is 6.15. The van der Waals surface area contributed by atoms with Crippen LogP contribution in [-0.4, -0.2) is 47.2 Å². The van der Waals surface area contributed by atoms with E-state index in [4.69, 9.17) is 0 Å². The van der Waals surface area contributed by atoms with Gasteiger partial charge in [-0.05, 0) is 56.0 Å². The molecule has 148 valence electrons. The Labute approximate surface area is 165 Å². The van der Waals surface area contributed by atoms with Gasteiger partial charge >= 0.3 is 0 Å². The summed E-state index contributed by atoms with van der Waals surface area (Å²) < 4.78 is 13.4. The third-order valence-electron chi connectivity index (χ3n) is 6.15. The molecule has 2 aromatic rings. The number of anilines is 1. The first-order valence-corrected chi connectivity index (χ1v) is 10.2. The Hall–Kier alpha value is -2.50. The quantitative estimate of drug-likeness (QED) is 0.816. The molecule has 1 saturated carbocycles. The molecule has 0 spiro atoms. The van der Waals surface area contributed by atoms with Crippen LogP contribution in [0.1, 0.15) is 43.4 Å². The zero-order valence-corrected chi connectivity index (χ0v) is 16.4. The molecule has 2 aliphatic rings. The molecule has 5 nitrogen and oxygen atoms in total. The molecule has 1 saturated heterocycles. The lowest BCUT2D eigenvalue weighted by Crippen LogP contribution is -2.47. The number of carbonyl (C=O) groups excluding carboxylic acids is 1. The highest BCUT2D eigenvalue weighted by molar-refractivity contribution is 5.88. The molecule has 4 rings (SSSR count). The predicted octanol–water partition coefficient (Wildman–Crippen LogP) is 3.47. The summed E-state index contributed by atoms with van der Waals surface area (Å²) in [4.78, 5) is 17.9. The number of hydrogen-bond acceptors (Lipinski definition) is 4. The van der Waals surface area contributed by atoms with Crippen LogP contribution in [0.3, 0.4) is 0 Å². The second-order valence-corrected chi connectivity index (χ2v) is 7.96. The normalized spacial score (nSPS) is 19.5. The van der Waals surface area contributed by atoms with E-state index in [0.29, 0.717) is 6.54 Å². The first-order chi connectivity index (χ1) is 13.6. The maximum absolute atomic E-state index is 13.6. The van der Waals surface area contributed by atoms with E-state index in [0.717, 1.165) is 68.8 Å².